The topological polar surface area (TPSA) is 106 Å². The van der Waals surface area contributed by atoms with Gasteiger partial charge >= 0.3 is 6.01 Å². The molecule has 0 spiro atoms. The molecule has 210 valence electrons. The van der Waals surface area contributed by atoms with Crippen molar-refractivity contribution in [2.24, 2.45) is 0 Å². The minimum absolute atomic E-state index is 0.170. The average molecular weight is 564 g/mol. The summed E-state index contributed by atoms with van der Waals surface area (Å²) in [4.78, 5) is 43.3. The molecule has 1 aromatic heterocycles. The second-order valence-electron chi connectivity index (χ2n) is 10.6. The van der Waals surface area contributed by atoms with E-state index in [2.05, 4.69) is 29.5 Å². The molecule has 2 fully saturated rings. The highest BCUT2D eigenvalue weighted by atomic mass is 35.5. The van der Waals surface area contributed by atoms with Crippen LogP contribution in [-0.2, 0) is 17.9 Å². The number of anilines is 1. The van der Waals surface area contributed by atoms with E-state index in [9.17, 15) is 14.9 Å². The maximum atomic E-state index is 13.5. The van der Waals surface area contributed by atoms with Gasteiger partial charge in [-0.1, -0.05) is 30.3 Å². The standard InChI is InChI=1S/C29H34ClN7O3/c1-4-25(38)37-14-13-35(15-20(37)10-11-31)27-23-16-36(28(39)22-9-5-7-19(2)26(22)30)17-24(23)32-29(33-27)40-18-21-8-6-12-34(21)3/h4-5,7,9,20-21H,1,6,8,10,12-18H2,2-3H3/t20-,21-/m0/s1. The van der Waals surface area contributed by atoms with Gasteiger partial charge in [-0.3, -0.25) is 9.59 Å². The van der Waals surface area contributed by atoms with E-state index in [1.807, 2.05) is 19.1 Å². The molecule has 11 heteroatoms. The number of piperazine rings is 1. The molecule has 3 aliphatic rings. The summed E-state index contributed by atoms with van der Waals surface area (Å²) >= 11 is 6.49. The SMILES string of the molecule is C=CC(=O)N1CCN(c2nc(OC[C@@H]3CCCN3C)nc3c2CN(C(=O)c2cccc(C)c2Cl)C3)C[C@@H]1CC#N. The molecule has 0 N–H and O–H groups in total. The summed E-state index contributed by atoms with van der Waals surface area (Å²) in [5.74, 6) is 0.319. The van der Waals surface area contributed by atoms with Crippen molar-refractivity contribution >= 4 is 29.2 Å². The summed E-state index contributed by atoms with van der Waals surface area (Å²) < 4.78 is 6.14. The van der Waals surface area contributed by atoms with Crippen molar-refractivity contribution in [1.82, 2.24) is 24.7 Å². The van der Waals surface area contributed by atoms with E-state index in [1.54, 1.807) is 15.9 Å². The van der Waals surface area contributed by atoms with Crippen LogP contribution in [0.15, 0.2) is 30.9 Å². The van der Waals surface area contributed by atoms with Gasteiger partial charge in [0, 0.05) is 31.2 Å². The molecule has 2 atom stereocenters. The largest absolute Gasteiger partial charge is 0.462 e. The Balaban J connectivity index is 1.45. The Kier molecular flexibility index (Phi) is 8.24. The van der Waals surface area contributed by atoms with Gasteiger partial charge in [-0.2, -0.15) is 15.2 Å². The van der Waals surface area contributed by atoms with Gasteiger partial charge in [0.15, 0.2) is 0 Å². The second-order valence-corrected chi connectivity index (χ2v) is 11.0. The molecule has 40 heavy (non-hydrogen) atoms. The number of aryl methyl sites for hydroxylation is 1. The molecule has 5 rings (SSSR count). The normalized spacial score (nSPS) is 20.8. The van der Waals surface area contributed by atoms with E-state index in [-0.39, 0.29) is 30.3 Å². The van der Waals surface area contributed by atoms with Crippen molar-refractivity contribution in [1.29, 1.82) is 5.26 Å². The van der Waals surface area contributed by atoms with Gasteiger partial charge in [-0.05, 0) is 51.1 Å². The van der Waals surface area contributed by atoms with E-state index in [1.165, 1.54) is 6.08 Å². The van der Waals surface area contributed by atoms with Crippen LogP contribution in [0.1, 0.15) is 46.4 Å². The van der Waals surface area contributed by atoms with Gasteiger partial charge in [0.1, 0.15) is 12.4 Å². The van der Waals surface area contributed by atoms with Gasteiger partial charge in [0.2, 0.25) is 5.91 Å². The number of fused-ring (bicyclic) bond motifs is 1. The summed E-state index contributed by atoms with van der Waals surface area (Å²) in [6.07, 6.45) is 3.67. The van der Waals surface area contributed by atoms with Crippen LogP contribution in [-0.4, -0.2) is 88.4 Å². The summed E-state index contributed by atoms with van der Waals surface area (Å²) in [5.41, 5.74) is 2.88. The van der Waals surface area contributed by atoms with E-state index in [0.717, 1.165) is 36.2 Å². The highest BCUT2D eigenvalue weighted by molar-refractivity contribution is 6.34. The first-order valence-corrected chi connectivity index (χ1v) is 14.0. The predicted octanol–water partition coefficient (Wildman–Crippen LogP) is 3.18. The van der Waals surface area contributed by atoms with Crippen molar-refractivity contribution in [3.8, 4) is 12.1 Å². The summed E-state index contributed by atoms with van der Waals surface area (Å²) in [6, 6.07) is 7.92. The third kappa shape index (κ3) is 5.49. The fourth-order valence-electron chi connectivity index (χ4n) is 5.76. The molecule has 0 saturated carbocycles. The first kappa shape index (κ1) is 27.9. The van der Waals surface area contributed by atoms with Gasteiger partial charge < -0.3 is 24.3 Å². The Morgan fingerprint density at radius 3 is 2.77 bits per heavy atom. The molecular formula is C29H34ClN7O3. The number of ether oxygens (including phenoxy) is 1. The number of nitrogens with zero attached hydrogens (tertiary/aromatic N) is 7. The first-order valence-electron chi connectivity index (χ1n) is 13.6. The highest BCUT2D eigenvalue weighted by Crippen LogP contribution is 2.34. The molecular weight excluding hydrogens is 530 g/mol. The van der Waals surface area contributed by atoms with Gasteiger partial charge in [-0.25, -0.2) is 0 Å². The molecule has 0 radical (unpaired) electrons. The molecule has 2 amide bonds. The number of rotatable bonds is 7. The third-order valence-corrected chi connectivity index (χ3v) is 8.59. The molecule has 0 bridgehead atoms. The smallest absolute Gasteiger partial charge is 0.318 e. The zero-order valence-corrected chi connectivity index (χ0v) is 23.7. The lowest BCUT2D eigenvalue weighted by atomic mass is 10.1. The van der Waals surface area contributed by atoms with Crippen LogP contribution in [0.2, 0.25) is 5.02 Å². The minimum atomic E-state index is -0.309. The van der Waals surface area contributed by atoms with Crippen molar-refractivity contribution in [3.63, 3.8) is 0 Å². The van der Waals surface area contributed by atoms with Gasteiger partial charge in [0.25, 0.3) is 5.91 Å². The van der Waals surface area contributed by atoms with Gasteiger partial charge in [0.05, 0.1) is 47.9 Å². The summed E-state index contributed by atoms with van der Waals surface area (Å²) in [5, 5.41) is 9.90. The Labute approximate surface area is 239 Å². The van der Waals surface area contributed by atoms with Crippen LogP contribution in [0, 0.1) is 18.3 Å². The minimum Gasteiger partial charge on any atom is -0.462 e. The molecule has 0 aliphatic carbocycles. The van der Waals surface area contributed by atoms with Gasteiger partial charge in [-0.15, -0.1) is 0 Å². The molecule has 2 aromatic rings. The Morgan fingerprint density at radius 2 is 2.05 bits per heavy atom. The number of benzene rings is 1. The predicted molar refractivity (Wildman–Crippen MR) is 151 cm³/mol. The Morgan fingerprint density at radius 1 is 1.23 bits per heavy atom. The lowest BCUT2D eigenvalue weighted by Gasteiger charge is -2.41. The maximum absolute atomic E-state index is 13.5. The highest BCUT2D eigenvalue weighted by Gasteiger charge is 2.36. The van der Waals surface area contributed by atoms with Crippen molar-refractivity contribution in [3.05, 3.63) is 58.3 Å². The number of amides is 2. The van der Waals surface area contributed by atoms with Crippen LogP contribution in [0.5, 0.6) is 6.01 Å². The maximum Gasteiger partial charge on any atom is 0.318 e. The summed E-state index contributed by atoms with van der Waals surface area (Å²) in [6.45, 7) is 9.03. The van der Waals surface area contributed by atoms with Crippen LogP contribution in [0.25, 0.3) is 0 Å². The van der Waals surface area contributed by atoms with Crippen molar-refractivity contribution < 1.29 is 14.3 Å². The zero-order valence-electron chi connectivity index (χ0n) is 23.0. The Hall–Kier alpha value is -3.68. The van der Waals surface area contributed by atoms with E-state index < -0.39 is 0 Å². The van der Waals surface area contributed by atoms with Crippen LogP contribution < -0.4 is 9.64 Å². The third-order valence-electron chi connectivity index (χ3n) is 8.09. The number of likely N-dealkylation sites (tertiary alicyclic amines) is 1. The Bertz CT molecular complexity index is 1360. The number of likely N-dealkylation sites (N-methyl/N-ethyl adjacent to an activating group) is 1. The molecule has 2 saturated heterocycles. The lowest BCUT2D eigenvalue weighted by molar-refractivity contribution is -0.128. The van der Waals surface area contributed by atoms with Crippen molar-refractivity contribution in [2.45, 2.75) is 51.4 Å². The number of hydrogen-bond acceptors (Lipinski definition) is 8. The number of aromatic nitrogens is 2. The fourth-order valence-corrected chi connectivity index (χ4v) is 5.97. The number of nitriles is 1. The monoisotopic (exact) mass is 563 g/mol. The molecule has 4 heterocycles. The molecule has 0 unspecified atom stereocenters. The fraction of sp³-hybridized carbons (Fsp3) is 0.483. The molecule has 1 aromatic carbocycles. The summed E-state index contributed by atoms with van der Waals surface area (Å²) in [7, 11) is 2.09. The first-order chi connectivity index (χ1) is 19.3. The molecule has 10 nitrogen and oxygen atoms in total. The quantitative estimate of drug-likeness (QED) is 0.473. The van der Waals surface area contributed by atoms with E-state index in [4.69, 9.17) is 26.3 Å². The van der Waals surface area contributed by atoms with E-state index >= 15 is 0 Å². The molecule has 3 aliphatic heterocycles. The van der Waals surface area contributed by atoms with Crippen molar-refractivity contribution in [2.75, 3.05) is 44.7 Å². The number of halogens is 1. The van der Waals surface area contributed by atoms with Crippen LogP contribution in [0.4, 0.5) is 5.82 Å². The second kappa shape index (κ2) is 11.8. The number of carbonyl (C=O) groups is 2. The number of hydrogen-bond donors (Lipinski definition) is 0. The van der Waals surface area contributed by atoms with Crippen LogP contribution >= 0.6 is 11.6 Å². The lowest BCUT2D eigenvalue weighted by Crippen LogP contribution is -2.55. The van der Waals surface area contributed by atoms with Crippen LogP contribution in [0.3, 0.4) is 0 Å². The zero-order chi connectivity index (χ0) is 28.4. The number of carbonyl (C=O) groups excluding carboxylic acids is 2. The van der Waals surface area contributed by atoms with E-state index in [0.29, 0.717) is 61.8 Å². The average Bonchev–Trinajstić information content (AvgIpc) is 3.58.